The van der Waals surface area contributed by atoms with Crippen molar-refractivity contribution in [3.8, 4) is 5.75 Å². The Morgan fingerprint density at radius 3 is 3.13 bits per heavy atom. The van der Waals surface area contributed by atoms with E-state index in [0.29, 0.717) is 0 Å². The second-order valence-electron chi connectivity index (χ2n) is 4.00. The number of hydrogen-bond donors (Lipinski definition) is 1. The van der Waals surface area contributed by atoms with Crippen LogP contribution in [0.5, 0.6) is 5.75 Å². The van der Waals surface area contributed by atoms with Crippen molar-refractivity contribution in [3.63, 3.8) is 0 Å². The SMILES string of the molecule is c1cc2c(c(C3CNCCO3)c1)OCC2. The molecule has 15 heavy (non-hydrogen) atoms. The molecular weight excluding hydrogens is 190 g/mol. The Labute approximate surface area is 89.4 Å². The average molecular weight is 205 g/mol. The van der Waals surface area contributed by atoms with Gasteiger partial charge in [-0.25, -0.2) is 0 Å². The highest BCUT2D eigenvalue weighted by Crippen LogP contribution is 2.35. The third-order valence-corrected chi connectivity index (χ3v) is 3.02. The molecular formula is C12H15NO2. The van der Waals surface area contributed by atoms with Gasteiger partial charge in [0.05, 0.1) is 19.3 Å². The van der Waals surface area contributed by atoms with Crippen LogP contribution < -0.4 is 10.1 Å². The van der Waals surface area contributed by atoms with Crippen LogP contribution >= 0.6 is 0 Å². The van der Waals surface area contributed by atoms with E-state index in [0.717, 1.165) is 38.5 Å². The Morgan fingerprint density at radius 1 is 1.27 bits per heavy atom. The topological polar surface area (TPSA) is 30.5 Å². The van der Waals surface area contributed by atoms with Crippen molar-refractivity contribution in [3.05, 3.63) is 29.3 Å². The predicted octanol–water partition coefficient (Wildman–Crippen LogP) is 1.28. The van der Waals surface area contributed by atoms with E-state index in [-0.39, 0.29) is 6.10 Å². The van der Waals surface area contributed by atoms with Crippen molar-refractivity contribution >= 4 is 0 Å². The lowest BCUT2D eigenvalue weighted by Gasteiger charge is -2.25. The summed E-state index contributed by atoms with van der Waals surface area (Å²) in [7, 11) is 0. The summed E-state index contributed by atoms with van der Waals surface area (Å²) in [5.41, 5.74) is 2.53. The first-order valence-corrected chi connectivity index (χ1v) is 5.52. The highest BCUT2D eigenvalue weighted by atomic mass is 16.5. The quantitative estimate of drug-likeness (QED) is 0.749. The van der Waals surface area contributed by atoms with Gasteiger partial charge >= 0.3 is 0 Å². The Kier molecular flexibility index (Phi) is 2.35. The second kappa shape index (κ2) is 3.83. The molecule has 3 rings (SSSR count). The van der Waals surface area contributed by atoms with Gasteiger partial charge in [-0.2, -0.15) is 0 Å². The first-order chi connectivity index (χ1) is 7.45. The van der Waals surface area contributed by atoms with Gasteiger partial charge in [-0.15, -0.1) is 0 Å². The Hall–Kier alpha value is -1.06. The maximum Gasteiger partial charge on any atom is 0.128 e. The van der Waals surface area contributed by atoms with Crippen LogP contribution in [0.25, 0.3) is 0 Å². The van der Waals surface area contributed by atoms with Gasteiger partial charge in [-0.1, -0.05) is 18.2 Å². The summed E-state index contributed by atoms with van der Waals surface area (Å²) in [6.45, 7) is 3.44. The summed E-state index contributed by atoms with van der Waals surface area (Å²) in [5.74, 6) is 1.06. The number of fused-ring (bicyclic) bond motifs is 1. The first kappa shape index (κ1) is 9.19. The van der Waals surface area contributed by atoms with E-state index in [4.69, 9.17) is 9.47 Å². The summed E-state index contributed by atoms with van der Waals surface area (Å²) in [6.07, 6.45) is 1.19. The predicted molar refractivity (Wildman–Crippen MR) is 57.2 cm³/mol. The zero-order valence-electron chi connectivity index (χ0n) is 8.66. The second-order valence-corrected chi connectivity index (χ2v) is 4.00. The zero-order valence-corrected chi connectivity index (χ0v) is 8.66. The molecule has 1 aromatic carbocycles. The molecule has 80 valence electrons. The lowest BCUT2D eigenvalue weighted by Crippen LogP contribution is -2.33. The third-order valence-electron chi connectivity index (χ3n) is 3.02. The van der Waals surface area contributed by atoms with E-state index >= 15 is 0 Å². The molecule has 0 spiro atoms. The molecule has 0 bridgehead atoms. The molecule has 1 aromatic rings. The average Bonchev–Trinajstić information content (AvgIpc) is 2.78. The largest absolute Gasteiger partial charge is 0.493 e. The molecule has 0 aromatic heterocycles. The van der Waals surface area contributed by atoms with E-state index in [2.05, 4.69) is 23.5 Å². The van der Waals surface area contributed by atoms with Crippen LogP contribution in [0.1, 0.15) is 17.2 Å². The number of morpholine rings is 1. The van der Waals surface area contributed by atoms with Gasteiger partial charge in [0.15, 0.2) is 0 Å². The fraction of sp³-hybridized carbons (Fsp3) is 0.500. The fourth-order valence-corrected chi connectivity index (χ4v) is 2.26. The molecule has 0 radical (unpaired) electrons. The zero-order chi connectivity index (χ0) is 10.1. The van der Waals surface area contributed by atoms with E-state index in [1.54, 1.807) is 0 Å². The molecule has 2 aliphatic rings. The molecule has 3 nitrogen and oxygen atoms in total. The van der Waals surface area contributed by atoms with Crippen LogP contribution in [0.15, 0.2) is 18.2 Å². The Balaban J connectivity index is 1.93. The number of nitrogens with one attached hydrogen (secondary N) is 1. The van der Waals surface area contributed by atoms with Crippen molar-refractivity contribution in [2.75, 3.05) is 26.3 Å². The van der Waals surface area contributed by atoms with Gasteiger partial charge in [0, 0.05) is 25.1 Å². The first-order valence-electron chi connectivity index (χ1n) is 5.52. The number of benzene rings is 1. The summed E-state index contributed by atoms with van der Waals surface area (Å²) >= 11 is 0. The highest BCUT2D eigenvalue weighted by Gasteiger charge is 2.23. The van der Waals surface area contributed by atoms with Gasteiger partial charge < -0.3 is 14.8 Å². The van der Waals surface area contributed by atoms with Crippen molar-refractivity contribution in [1.29, 1.82) is 0 Å². The minimum atomic E-state index is 0.159. The summed E-state index contributed by atoms with van der Waals surface area (Å²) in [6, 6.07) is 6.35. The minimum absolute atomic E-state index is 0.159. The Bertz CT molecular complexity index is 359. The van der Waals surface area contributed by atoms with Crippen LogP contribution in [-0.4, -0.2) is 26.3 Å². The van der Waals surface area contributed by atoms with Crippen molar-refractivity contribution < 1.29 is 9.47 Å². The molecule has 0 aliphatic carbocycles. The maximum absolute atomic E-state index is 5.75. The van der Waals surface area contributed by atoms with Crippen LogP contribution in [-0.2, 0) is 11.2 Å². The van der Waals surface area contributed by atoms with Gasteiger partial charge in [0.1, 0.15) is 5.75 Å². The maximum atomic E-state index is 5.75. The van der Waals surface area contributed by atoms with Gasteiger partial charge in [0.25, 0.3) is 0 Å². The monoisotopic (exact) mass is 205 g/mol. The molecule has 3 heteroatoms. The summed E-state index contributed by atoms with van der Waals surface area (Å²) < 4.78 is 11.4. The highest BCUT2D eigenvalue weighted by molar-refractivity contribution is 5.45. The number of rotatable bonds is 1. The molecule has 1 saturated heterocycles. The molecule has 1 N–H and O–H groups in total. The smallest absolute Gasteiger partial charge is 0.128 e. The van der Waals surface area contributed by atoms with E-state index in [1.165, 1.54) is 11.1 Å². The normalized spacial score (nSPS) is 24.7. The molecule has 1 fully saturated rings. The van der Waals surface area contributed by atoms with E-state index < -0.39 is 0 Å². The number of ether oxygens (including phenoxy) is 2. The summed E-state index contributed by atoms with van der Waals surface area (Å²) in [5, 5.41) is 3.34. The van der Waals surface area contributed by atoms with Crippen LogP contribution in [0.2, 0.25) is 0 Å². The molecule has 0 amide bonds. The van der Waals surface area contributed by atoms with Crippen LogP contribution in [0, 0.1) is 0 Å². The van der Waals surface area contributed by atoms with E-state index in [9.17, 15) is 0 Å². The van der Waals surface area contributed by atoms with Gasteiger partial charge in [-0.05, 0) is 5.56 Å². The van der Waals surface area contributed by atoms with Crippen LogP contribution in [0.3, 0.4) is 0 Å². The van der Waals surface area contributed by atoms with Crippen molar-refractivity contribution in [2.45, 2.75) is 12.5 Å². The van der Waals surface area contributed by atoms with Crippen molar-refractivity contribution in [1.82, 2.24) is 5.32 Å². The lowest BCUT2D eigenvalue weighted by atomic mass is 10.0. The summed E-state index contributed by atoms with van der Waals surface area (Å²) in [4.78, 5) is 0. The molecule has 2 aliphatic heterocycles. The van der Waals surface area contributed by atoms with Gasteiger partial charge in [0.2, 0.25) is 0 Å². The lowest BCUT2D eigenvalue weighted by molar-refractivity contribution is 0.0262. The third kappa shape index (κ3) is 1.62. The van der Waals surface area contributed by atoms with E-state index in [1.807, 2.05) is 0 Å². The Morgan fingerprint density at radius 2 is 2.27 bits per heavy atom. The molecule has 2 heterocycles. The number of para-hydroxylation sites is 1. The minimum Gasteiger partial charge on any atom is -0.493 e. The van der Waals surface area contributed by atoms with Gasteiger partial charge in [-0.3, -0.25) is 0 Å². The molecule has 0 saturated carbocycles. The van der Waals surface area contributed by atoms with Crippen LogP contribution in [0.4, 0.5) is 0 Å². The fourth-order valence-electron chi connectivity index (χ4n) is 2.26. The van der Waals surface area contributed by atoms with Crippen molar-refractivity contribution in [2.24, 2.45) is 0 Å². The standard InChI is InChI=1S/C12H15NO2/c1-2-9-4-6-15-12(9)10(3-1)11-8-13-5-7-14-11/h1-3,11,13H,4-8H2. The number of hydrogen-bond acceptors (Lipinski definition) is 3. The molecule has 1 unspecified atom stereocenters. The molecule has 1 atom stereocenters.